The zero-order valence-corrected chi connectivity index (χ0v) is 17.8. The Morgan fingerprint density at radius 1 is 1.10 bits per heavy atom. The van der Waals surface area contributed by atoms with Crippen molar-refractivity contribution in [3.8, 4) is 17.2 Å². The van der Waals surface area contributed by atoms with Gasteiger partial charge in [-0.05, 0) is 62.4 Å². The molecule has 0 spiro atoms. The van der Waals surface area contributed by atoms with Crippen molar-refractivity contribution in [3.05, 3.63) is 76.3 Å². The molecule has 0 saturated carbocycles. The second kappa shape index (κ2) is 8.38. The molecule has 1 unspecified atom stereocenters. The maximum Gasteiger partial charge on any atom is 0.265 e. The number of hydrogen-bond donors (Lipinski definition) is 1. The summed E-state index contributed by atoms with van der Waals surface area (Å²) >= 11 is 12.0. The van der Waals surface area contributed by atoms with E-state index in [9.17, 15) is 4.79 Å². The zero-order valence-electron chi connectivity index (χ0n) is 16.3. The minimum atomic E-state index is -0.764. The number of carbonyl (C=O) groups excluding carboxylic acids is 1. The molecule has 0 aliphatic carbocycles. The quantitative estimate of drug-likeness (QED) is 0.383. The van der Waals surface area contributed by atoms with Crippen molar-refractivity contribution in [2.24, 2.45) is 0 Å². The molecule has 4 rings (SSSR count). The Morgan fingerprint density at radius 3 is 2.70 bits per heavy atom. The first-order valence-electron chi connectivity index (χ1n) is 9.29. The van der Waals surface area contributed by atoms with Crippen molar-refractivity contribution in [1.82, 2.24) is 4.98 Å². The van der Waals surface area contributed by atoms with Gasteiger partial charge in [0.2, 0.25) is 5.89 Å². The first-order chi connectivity index (χ1) is 14.4. The van der Waals surface area contributed by atoms with E-state index in [0.717, 1.165) is 11.1 Å². The molecule has 0 fully saturated rings. The van der Waals surface area contributed by atoms with Crippen LogP contribution < -0.4 is 10.1 Å². The minimum absolute atomic E-state index is 0.317. The van der Waals surface area contributed by atoms with E-state index in [-0.39, 0.29) is 5.91 Å². The van der Waals surface area contributed by atoms with E-state index in [4.69, 9.17) is 32.4 Å². The third-order valence-corrected chi connectivity index (χ3v) is 5.02. The summed E-state index contributed by atoms with van der Waals surface area (Å²) in [6.45, 7) is 3.66. The molecule has 1 N–H and O–H groups in total. The number of benzene rings is 3. The molecule has 5 nitrogen and oxygen atoms in total. The molecule has 0 aliphatic rings. The highest BCUT2D eigenvalue weighted by Crippen LogP contribution is 2.29. The molecule has 3 aromatic carbocycles. The van der Waals surface area contributed by atoms with Crippen LogP contribution in [0.4, 0.5) is 5.69 Å². The molecule has 0 aliphatic heterocycles. The fourth-order valence-corrected chi connectivity index (χ4v) is 3.42. The summed E-state index contributed by atoms with van der Waals surface area (Å²) in [6.07, 6.45) is -0.764. The Morgan fingerprint density at radius 2 is 1.93 bits per heavy atom. The number of oxazole rings is 1. The van der Waals surface area contributed by atoms with Crippen molar-refractivity contribution in [2.45, 2.75) is 20.0 Å². The Labute approximate surface area is 183 Å². The molecule has 1 atom stereocenters. The number of nitrogens with zero attached hydrogens (tertiary/aromatic N) is 1. The maximum atomic E-state index is 12.5. The average molecular weight is 441 g/mol. The van der Waals surface area contributed by atoms with Crippen LogP contribution >= 0.6 is 23.2 Å². The number of ether oxygens (including phenoxy) is 1. The van der Waals surface area contributed by atoms with Crippen LogP contribution in [0, 0.1) is 6.92 Å². The van der Waals surface area contributed by atoms with E-state index < -0.39 is 6.10 Å². The van der Waals surface area contributed by atoms with Gasteiger partial charge in [-0.3, -0.25) is 4.79 Å². The molecule has 1 amide bonds. The van der Waals surface area contributed by atoms with Gasteiger partial charge in [0.15, 0.2) is 11.7 Å². The first-order valence-corrected chi connectivity index (χ1v) is 10.0. The van der Waals surface area contributed by atoms with Gasteiger partial charge in [0.1, 0.15) is 11.3 Å². The summed E-state index contributed by atoms with van der Waals surface area (Å²) in [6, 6.07) is 18.1. The molecule has 0 radical (unpaired) electrons. The third-order valence-electron chi connectivity index (χ3n) is 4.49. The van der Waals surface area contributed by atoms with Gasteiger partial charge in [-0.2, -0.15) is 0 Å². The number of hydrogen-bond acceptors (Lipinski definition) is 4. The molecule has 4 aromatic rings. The van der Waals surface area contributed by atoms with Gasteiger partial charge in [0.05, 0.1) is 5.02 Å². The third kappa shape index (κ3) is 4.42. The number of nitrogens with one attached hydrogen (secondary N) is 1. The van der Waals surface area contributed by atoms with Gasteiger partial charge in [0, 0.05) is 16.3 Å². The number of carbonyl (C=O) groups is 1. The lowest BCUT2D eigenvalue weighted by Gasteiger charge is -2.15. The lowest BCUT2D eigenvalue weighted by atomic mass is 10.1. The van der Waals surface area contributed by atoms with Crippen LogP contribution in [0.2, 0.25) is 10.0 Å². The highest BCUT2D eigenvalue weighted by atomic mass is 35.5. The van der Waals surface area contributed by atoms with Crippen LogP contribution in [-0.4, -0.2) is 17.0 Å². The molecule has 7 heteroatoms. The molecule has 0 saturated heterocycles. The summed E-state index contributed by atoms with van der Waals surface area (Å²) in [5, 5.41) is 3.67. The number of halogens is 2. The highest BCUT2D eigenvalue weighted by molar-refractivity contribution is 6.35. The maximum absolute atomic E-state index is 12.5. The number of aryl methyl sites for hydroxylation is 1. The summed E-state index contributed by atoms with van der Waals surface area (Å²) in [5.74, 6) is 0.604. The smallest absolute Gasteiger partial charge is 0.265 e. The predicted octanol–water partition coefficient (Wildman–Crippen LogP) is 6.52. The van der Waals surface area contributed by atoms with Gasteiger partial charge in [-0.1, -0.05) is 40.9 Å². The van der Waals surface area contributed by atoms with E-state index in [1.165, 1.54) is 0 Å². The normalized spacial score (nSPS) is 12.0. The lowest BCUT2D eigenvalue weighted by Crippen LogP contribution is -2.30. The Kier molecular flexibility index (Phi) is 5.66. The number of aromatic nitrogens is 1. The van der Waals surface area contributed by atoms with E-state index in [2.05, 4.69) is 10.3 Å². The lowest BCUT2D eigenvalue weighted by molar-refractivity contribution is -0.122. The van der Waals surface area contributed by atoms with E-state index in [0.29, 0.717) is 38.5 Å². The summed E-state index contributed by atoms with van der Waals surface area (Å²) in [4.78, 5) is 17.1. The largest absolute Gasteiger partial charge is 0.479 e. The summed E-state index contributed by atoms with van der Waals surface area (Å²) < 4.78 is 11.5. The molecule has 30 heavy (non-hydrogen) atoms. The summed E-state index contributed by atoms with van der Waals surface area (Å²) in [5.41, 5.74) is 3.91. The van der Waals surface area contributed by atoms with E-state index in [1.807, 2.05) is 31.2 Å². The molecule has 0 bridgehead atoms. The van der Waals surface area contributed by atoms with Crippen molar-refractivity contribution in [3.63, 3.8) is 0 Å². The van der Waals surface area contributed by atoms with Gasteiger partial charge in [-0.25, -0.2) is 4.98 Å². The molecule has 1 heterocycles. The number of rotatable bonds is 5. The van der Waals surface area contributed by atoms with Crippen molar-refractivity contribution < 1.29 is 13.9 Å². The fourth-order valence-electron chi connectivity index (χ4n) is 2.97. The number of fused-ring (bicyclic) bond motifs is 1. The van der Waals surface area contributed by atoms with Gasteiger partial charge in [-0.15, -0.1) is 0 Å². The molecular weight excluding hydrogens is 423 g/mol. The number of anilines is 1. The predicted molar refractivity (Wildman–Crippen MR) is 119 cm³/mol. The van der Waals surface area contributed by atoms with Gasteiger partial charge < -0.3 is 14.5 Å². The Hall–Kier alpha value is -3.02. The number of amides is 1. The molecular formula is C23H18Cl2N2O3. The monoisotopic (exact) mass is 440 g/mol. The SMILES string of the molecule is Cc1cccc(-c2nc3cc(NC(=O)C(C)Oc4ccc(Cl)cc4Cl)ccc3o2)c1. The summed E-state index contributed by atoms with van der Waals surface area (Å²) in [7, 11) is 0. The van der Waals surface area contributed by atoms with Crippen molar-refractivity contribution >= 4 is 45.9 Å². The van der Waals surface area contributed by atoms with E-state index >= 15 is 0 Å². The van der Waals surface area contributed by atoms with Crippen LogP contribution in [0.25, 0.3) is 22.6 Å². The second-order valence-corrected chi connectivity index (χ2v) is 7.74. The standard InChI is InChI=1S/C23H18Cl2N2O3/c1-13-4-3-5-15(10-13)23-27-19-12-17(7-9-21(19)30-23)26-22(28)14(2)29-20-8-6-16(24)11-18(20)25/h3-12,14H,1-2H3,(H,26,28). The molecule has 1 aromatic heterocycles. The Balaban J connectivity index is 1.49. The highest BCUT2D eigenvalue weighted by Gasteiger charge is 2.17. The zero-order chi connectivity index (χ0) is 21.3. The van der Waals surface area contributed by atoms with Crippen LogP contribution in [0.1, 0.15) is 12.5 Å². The van der Waals surface area contributed by atoms with E-state index in [1.54, 1.807) is 43.3 Å². The van der Waals surface area contributed by atoms with Crippen molar-refractivity contribution in [1.29, 1.82) is 0 Å². The first kappa shape index (κ1) is 20.3. The van der Waals surface area contributed by atoms with Gasteiger partial charge >= 0.3 is 0 Å². The van der Waals surface area contributed by atoms with Gasteiger partial charge in [0.25, 0.3) is 5.91 Å². The van der Waals surface area contributed by atoms with Crippen LogP contribution in [0.15, 0.2) is 65.1 Å². The fraction of sp³-hybridized carbons (Fsp3) is 0.130. The molecule has 152 valence electrons. The van der Waals surface area contributed by atoms with Crippen LogP contribution in [0.3, 0.4) is 0 Å². The topological polar surface area (TPSA) is 64.4 Å². The van der Waals surface area contributed by atoms with Crippen molar-refractivity contribution in [2.75, 3.05) is 5.32 Å². The minimum Gasteiger partial charge on any atom is -0.479 e. The van der Waals surface area contributed by atoms with Crippen LogP contribution in [0.5, 0.6) is 5.75 Å². The van der Waals surface area contributed by atoms with Crippen LogP contribution in [-0.2, 0) is 4.79 Å². The Bertz CT molecular complexity index is 1240. The average Bonchev–Trinajstić information content (AvgIpc) is 3.13. The second-order valence-electron chi connectivity index (χ2n) is 6.90.